The van der Waals surface area contributed by atoms with E-state index in [1.54, 1.807) is 10.9 Å². The van der Waals surface area contributed by atoms with Gasteiger partial charge in [-0.1, -0.05) is 6.92 Å². The van der Waals surface area contributed by atoms with Gasteiger partial charge in [0.15, 0.2) is 0 Å². The van der Waals surface area contributed by atoms with Crippen molar-refractivity contribution in [3.63, 3.8) is 0 Å². The minimum atomic E-state index is -0.531. The summed E-state index contributed by atoms with van der Waals surface area (Å²) in [6, 6.07) is 0. The van der Waals surface area contributed by atoms with E-state index in [9.17, 15) is 9.90 Å². The van der Waals surface area contributed by atoms with E-state index in [0.29, 0.717) is 11.0 Å². The van der Waals surface area contributed by atoms with Crippen molar-refractivity contribution in [3.05, 3.63) is 18.0 Å². The highest BCUT2D eigenvalue weighted by molar-refractivity contribution is 5.93. The maximum Gasteiger partial charge on any atom is 0.257 e. The predicted molar refractivity (Wildman–Crippen MR) is 107 cm³/mol. The first-order valence-electron chi connectivity index (χ1n) is 10.6. The first-order chi connectivity index (χ1) is 12.9. The SMILES string of the molecule is CCCN(C)CC1(O)CCC2(CCN(C(=O)c3cnn(CC)c3)CC2)CC1. The molecule has 3 rings (SSSR count). The number of carbonyl (C=O) groups is 1. The smallest absolute Gasteiger partial charge is 0.257 e. The minimum absolute atomic E-state index is 0.109. The summed E-state index contributed by atoms with van der Waals surface area (Å²) in [5, 5.41) is 15.2. The van der Waals surface area contributed by atoms with Gasteiger partial charge in [0.25, 0.3) is 5.91 Å². The van der Waals surface area contributed by atoms with Crippen LogP contribution in [0.1, 0.15) is 69.2 Å². The molecule has 1 saturated heterocycles. The zero-order chi connectivity index (χ0) is 19.5. The number of hydrogen-bond donors (Lipinski definition) is 1. The number of likely N-dealkylation sites (N-methyl/N-ethyl adjacent to an activating group) is 1. The maximum absolute atomic E-state index is 12.7. The highest BCUT2D eigenvalue weighted by Crippen LogP contribution is 2.47. The average Bonchev–Trinajstić information content (AvgIpc) is 3.14. The van der Waals surface area contributed by atoms with E-state index >= 15 is 0 Å². The molecule has 1 aliphatic heterocycles. The van der Waals surface area contributed by atoms with E-state index in [1.807, 2.05) is 18.0 Å². The van der Waals surface area contributed by atoms with Crippen molar-refractivity contribution in [3.8, 4) is 0 Å². The number of carbonyl (C=O) groups excluding carboxylic acids is 1. The molecule has 1 amide bonds. The summed E-state index contributed by atoms with van der Waals surface area (Å²) in [5.41, 5.74) is 0.487. The highest BCUT2D eigenvalue weighted by atomic mass is 16.3. The quantitative estimate of drug-likeness (QED) is 0.829. The molecule has 0 unspecified atom stereocenters. The van der Waals surface area contributed by atoms with Crippen molar-refractivity contribution >= 4 is 5.91 Å². The zero-order valence-corrected chi connectivity index (χ0v) is 17.3. The number of likely N-dealkylation sites (tertiary alicyclic amines) is 1. The first kappa shape index (κ1) is 20.3. The second-order valence-electron chi connectivity index (χ2n) is 8.84. The number of rotatable bonds is 6. The van der Waals surface area contributed by atoms with Crippen LogP contribution in [0.15, 0.2) is 12.4 Å². The molecular formula is C21H36N4O2. The molecule has 152 valence electrons. The molecule has 2 heterocycles. The van der Waals surface area contributed by atoms with E-state index in [0.717, 1.165) is 77.7 Å². The molecule has 6 heteroatoms. The van der Waals surface area contributed by atoms with Crippen LogP contribution in [0, 0.1) is 5.41 Å². The number of aliphatic hydroxyl groups is 1. The van der Waals surface area contributed by atoms with Crippen LogP contribution >= 0.6 is 0 Å². The summed E-state index contributed by atoms with van der Waals surface area (Å²) in [4.78, 5) is 17.0. The van der Waals surface area contributed by atoms with Crippen LogP contribution in [0.5, 0.6) is 0 Å². The van der Waals surface area contributed by atoms with Crippen LogP contribution in [0.4, 0.5) is 0 Å². The van der Waals surface area contributed by atoms with Gasteiger partial charge in [-0.25, -0.2) is 0 Å². The van der Waals surface area contributed by atoms with E-state index < -0.39 is 5.60 Å². The highest BCUT2D eigenvalue weighted by Gasteiger charge is 2.44. The lowest BCUT2D eigenvalue weighted by Gasteiger charge is -2.49. The van der Waals surface area contributed by atoms with Crippen LogP contribution < -0.4 is 0 Å². The van der Waals surface area contributed by atoms with Crippen molar-refractivity contribution in [1.29, 1.82) is 0 Å². The normalized spacial score (nSPS) is 21.7. The summed E-state index contributed by atoms with van der Waals surface area (Å²) >= 11 is 0. The molecule has 1 spiro atoms. The van der Waals surface area contributed by atoms with Crippen LogP contribution in [0.2, 0.25) is 0 Å². The van der Waals surface area contributed by atoms with Gasteiger partial charge < -0.3 is 14.9 Å². The first-order valence-corrected chi connectivity index (χ1v) is 10.6. The second kappa shape index (κ2) is 8.31. The molecule has 0 radical (unpaired) electrons. The van der Waals surface area contributed by atoms with Crippen LogP contribution in [0.25, 0.3) is 0 Å². The van der Waals surface area contributed by atoms with Crippen LogP contribution in [-0.4, -0.2) is 69.4 Å². The van der Waals surface area contributed by atoms with Crippen molar-refractivity contribution in [2.24, 2.45) is 5.41 Å². The molecule has 0 bridgehead atoms. The van der Waals surface area contributed by atoms with Crippen molar-refractivity contribution in [2.75, 3.05) is 33.2 Å². The van der Waals surface area contributed by atoms with Gasteiger partial charge in [-0.05, 0) is 70.9 Å². The fraction of sp³-hybridized carbons (Fsp3) is 0.810. The molecule has 0 aromatic carbocycles. The molecule has 1 aromatic heterocycles. The number of piperidine rings is 1. The van der Waals surface area contributed by atoms with Gasteiger partial charge in [0.05, 0.1) is 17.4 Å². The molecule has 1 aromatic rings. The lowest BCUT2D eigenvalue weighted by Crippen LogP contribution is -2.50. The Bertz CT molecular complexity index is 624. The summed E-state index contributed by atoms with van der Waals surface area (Å²) in [6.45, 7) is 8.46. The molecule has 0 atom stereocenters. The van der Waals surface area contributed by atoms with Crippen molar-refractivity contribution in [1.82, 2.24) is 19.6 Å². The molecule has 1 aliphatic carbocycles. The maximum atomic E-state index is 12.7. The number of aromatic nitrogens is 2. The molecule has 2 fully saturated rings. The Hall–Kier alpha value is -1.40. The topological polar surface area (TPSA) is 61.6 Å². The molecule has 6 nitrogen and oxygen atoms in total. The van der Waals surface area contributed by atoms with Gasteiger partial charge in [0.1, 0.15) is 0 Å². The predicted octanol–water partition coefficient (Wildman–Crippen LogP) is 2.77. The summed E-state index contributed by atoms with van der Waals surface area (Å²) < 4.78 is 1.80. The number of aryl methyl sites for hydroxylation is 1. The summed E-state index contributed by atoms with van der Waals surface area (Å²) in [7, 11) is 2.11. The lowest BCUT2D eigenvalue weighted by atomic mass is 9.64. The monoisotopic (exact) mass is 376 g/mol. The largest absolute Gasteiger partial charge is 0.389 e. The Morgan fingerprint density at radius 1 is 1.19 bits per heavy atom. The lowest BCUT2D eigenvalue weighted by molar-refractivity contribution is -0.0643. The van der Waals surface area contributed by atoms with Crippen LogP contribution in [0.3, 0.4) is 0 Å². The Morgan fingerprint density at radius 2 is 1.85 bits per heavy atom. The molecule has 27 heavy (non-hydrogen) atoms. The van der Waals surface area contributed by atoms with Gasteiger partial charge in [-0.15, -0.1) is 0 Å². The zero-order valence-electron chi connectivity index (χ0n) is 17.3. The van der Waals surface area contributed by atoms with Gasteiger partial charge in [0, 0.05) is 32.4 Å². The van der Waals surface area contributed by atoms with Gasteiger partial charge in [-0.3, -0.25) is 9.48 Å². The Morgan fingerprint density at radius 3 is 2.41 bits per heavy atom. The van der Waals surface area contributed by atoms with Gasteiger partial charge in [-0.2, -0.15) is 5.10 Å². The molecule has 2 aliphatic rings. The number of nitrogens with zero attached hydrogens (tertiary/aromatic N) is 4. The summed E-state index contributed by atoms with van der Waals surface area (Å²) in [6.07, 6.45) is 10.7. The standard InChI is InChI=1S/C21H36N4O2/c1-4-12-23(3)17-21(27)8-6-20(7-9-21)10-13-24(14-11-20)19(26)18-15-22-25(5-2)16-18/h15-16,27H,4-14,17H2,1-3H3. The second-order valence-corrected chi connectivity index (χ2v) is 8.84. The molecule has 1 N–H and O–H groups in total. The number of amides is 1. The fourth-order valence-corrected chi connectivity index (χ4v) is 4.88. The molecule has 1 saturated carbocycles. The third-order valence-corrected chi connectivity index (χ3v) is 6.73. The fourth-order valence-electron chi connectivity index (χ4n) is 4.88. The van der Waals surface area contributed by atoms with E-state index in [4.69, 9.17) is 0 Å². The Labute approximate surface area is 163 Å². The Kier molecular flexibility index (Phi) is 6.26. The third-order valence-electron chi connectivity index (χ3n) is 6.73. The average molecular weight is 377 g/mol. The van der Waals surface area contributed by atoms with Gasteiger partial charge in [0.2, 0.25) is 0 Å². The Balaban J connectivity index is 1.51. The van der Waals surface area contributed by atoms with Crippen molar-refractivity contribution in [2.45, 2.75) is 70.9 Å². The number of hydrogen-bond acceptors (Lipinski definition) is 4. The van der Waals surface area contributed by atoms with Crippen molar-refractivity contribution < 1.29 is 9.90 Å². The van der Waals surface area contributed by atoms with E-state index in [1.165, 1.54) is 0 Å². The minimum Gasteiger partial charge on any atom is -0.389 e. The molecular weight excluding hydrogens is 340 g/mol. The van der Waals surface area contributed by atoms with E-state index in [-0.39, 0.29) is 5.91 Å². The van der Waals surface area contributed by atoms with E-state index in [2.05, 4.69) is 24.0 Å². The van der Waals surface area contributed by atoms with Gasteiger partial charge >= 0.3 is 0 Å². The summed E-state index contributed by atoms with van der Waals surface area (Å²) in [5.74, 6) is 0.109. The van der Waals surface area contributed by atoms with Crippen LogP contribution in [-0.2, 0) is 6.54 Å². The third kappa shape index (κ3) is 4.72.